The number of aryl methyl sites for hydroxylation is 2. The average molecular weight is 277 g/mol. The van der Waals surface area contributed by atoms with Gasteiger partial charge in [0.05, 0.1) is 6.54 Å². The minimum atomic E-state index is -0.285. The quantitative estimate of drug-likeness (QED) is 0.866. The summed E-state index contributed by atoms with van der Waals surface area (Å²) in [6.45, 7) is 4.19. The van der Waals surface area contributed by atoms with Crippen LogP contribution in [0, 0.1) is 13.8 Å². The number of hydrogen-bond donors (Lipinski definition) is 0. The Kier molecular flexibility index (Phi) is 3.85. The smallest absolute Gasteiger partial charge is 0.289 e. The van der Waals surface area contributed by atoms with Crippen molar-refractivity contribution in [2.24, 2.45) is 0 Å². The lowest BCUT2D eigenvalue weighted by Gasteiger charge is -2.15. The molecule has 5 heteroatoms. The van der Waals surface area contributed by atoms with Gasteiger partial charge in [-0.1, -0.05) is 0 Å². The highest BCUT2D eigenvalue weighted by molar-refractivity contribution is 7.11. The summed E-state index contributed by atoms with van der Waals surface area (Å²) >= 11 is 1.65. The molecule has 4 nitrogen and oxygen atoms in total. The fraction of sp³-hybridized carbons (Fsp3) is 0.286. The summed E-state index contributed by atoms with van der Waals surface area (Å²) in [5.41, 5.74) is -0.215. The second-order valence-corrected chi connectivity index (χ2v) is 5.81. The number of carbonyl (C=O) groups excluding carboxylic acids is 1. The monoisotopic (exact) mass is 277 g/mol. The van der Waals surface area contributed by atoms with E-state index in [0.29, 0.717) is 12.3 Å². The Balaban J connectivity index is 2.16. The number of hydrogen-bond acceptors (Lipinski definition) is 4. The molecule has 0 unspecified atom stereocenters. The second kappa shape index (κ2) is 5.40. The molecule has 2 aromatic heterocycles. The van der Waals surface area contributed by atoms with Crippen LogP contribution >= 0.6 is 11.3 Å². The summed E-state index contributed by atoms with van der Waals surface area (Å²) in [6.07, 6.45) is 0. The van der Waals surface area contributed by atoms with Gasteiger partial charge in [0.25, 0.3) is 5.91 Å². The van der Waals surface area contributed by atoms with E-state index in [1.165, 1.54) is 17.0 Å². The average Bonchev–Trinajstić information content (AvgIpc) is 2.72. The molecule has 0 aliphatic rings. The van der Waals surface area contributed by atoms with Crippen molar-refractivity contribution in [1.29, 1.82) is 0 Å². The molecule has 19 heavy (non-hydrogen) atoms. The fourth-order valence-corrected chi connectivity index (χ4v) is 2.72. The van der Waals surface area contributed by atoms with Crippen molar-refractivity contribution in [2.75, 3.05) is 7.05 Å². The van der Waals surface area contributed by atoms with Gasteiger partial charge >= 0.3 is 0 Å². The molecule has 0 aliphatic heterocycles. The van der Waals surface area contributed by atoms with E-state index in [-0.39, 0.29) is 17.1 Å². The zero-order chi connectivity index (χ0) is 14.0. The van der Waals surface area contributed by atoms with E-state index < -0.39 is 0 Å². The first-order valence-corrected chi connectivity index (χ1v) is 6.70. The van der Waals surface area contributed by atoms with Crippen molar-refractivity contribution in [3.63, 3.8) is 0 Å². The molecule has 0 aliphatic carbocycles. The van der Waals surface area contributed by atoms with Gasteiger partial charge in [-0.2, -0.15) is 0 Å². The third-order valence-electron chi connectivity index (χ3n) is 2.64. The lowest BCUT2D eigenvalue weighted by molar-refractivity contribution is 0.0750. The molecule has 100 valence electrons. The molecule has 0 atom stereocenters. The highest BCUT2D eigenvalue weighted by atomic mass is 32.1. The zero-order valence-electron chi connectivity index (χ0n) is 11.1. The molecule has 1 amide bonds. The predicted octanol–water partition coefficient (Wildman–Crippen LogP) is 2.59. The van der Waals surface area contributed by atoms with Crippen LogP contribution in [0.15, 0.2) is 33.5 Å². The minimum Gasteiger partial charge on any atom is -0.456 e. The predicted molar refractivity (Wildman–Crippen MR) is 74.6 cm³/mol. The SMILES string of the molecule is Cc1cc(=O)cc(C(=O)N(C)Cc2ccc(C)s2)o1. The first kappa shape index (κ1) is 13.5. The Morgan fingerprint density at radius 1 is 1.32 bits per heavy atom. The number of thiophene rings is 1. The number of amides is 1. The second-order valence-electron chi connectivity index (χ2n) is 4.44. The molecule has 0 saturated carbocycles. The molecule has 0 N–H and O–H groups in total. The topological polar surface area (TPSA) is 50.5 Å². The Labute approximate surface area is 115 Å². The van der Waals surface area contributed by atoms with E-state index in [1.54, 1.807) is 30.2 Å². The first-order valence-electron chi connectivity index (χ1n) is 5.88. The number of rotatable bonds is 3. The third kappa shape index (κ3) is 3.32. The summed E-state index contributed by atoms with van der Waals surface area (Å²) in [5.74, 6) is 0.240. The van der Waals surface area contributed by atoms with Crippen LogP contribution in [0.25, 0.3) is 0 Å². The van der Waals surface area contributed by atoms with E-state index >= 15 is 0 Å². The molecule has 0 spiro atoms. The van der Waals surface area contributed by atoms with Gasteiger partial charge in [0.1, 0.15) is 5.76 Å². The maximum atomic E-state index is 12.2. The van der Waals surface area contributed by atoms with Gasteiger partial charge in [-0.3, -0.25) is 9.59 Å². The summed E-state index contributed by atoms with van der Waals surface area (Å²) in [4.78, 5) is 27.4. The van der Waals surface area contributed by atoms with Crippen LogP contribution in [0.4, 0.5) is 0 Å². The summed E-state index contributed by atoms with van der Waals surface area (Å²) < 4.78 is 5.30. The lowest BCUT2D eigenvalue weighted by atomic mass is 10.3. The van der Waals surface area contributed by atoms with Crippen LogP contribution in [0.3, 0.4) is 0 Å². The molecule has 0 radical (unpaired) electrons. The third-order valence-corrected chi connectivity index (χ3v) is 3.62. The first-order chi connectivity index (χ1) is 8.95. The highest BCUT2D eigenvalue weighted by Crippen LogP contribution is 2.17. The standard InChI is InChI=1S/C14H15NO3S/c1-9-6-11(16)7-13(18-9)14(17)15(3)8-12-5-4-10(2)19-12/h4-7H,8H2,1-3H3. The van der Waals surface area contributed by atoms with Crippen LogP contribution in [0.1, 0.15) is 26.1 Å². The number of carbonyl (C=O) groups is 1. The summed E-state index contributed by atoms with van der Waals surface area (Å²) in [7, 11) is 1.69. The molecular formula is C14H15NO3S. The molecule has 2 rings (SSSR count). The van der Waals surface area contributed by atoms with Gasteiger partial charge in [0, 0.05) is 28.9 Å². The van der Waals surface area contributed by atoms with Crippen molar-refractivity contribution in [3.05, 3.63) is 55.8 Å². The van der Waals surface area contributed by atoms with Crippen molar-refractivity contribution in [1.82, 2.24) is 4.90 Å². The van der Waals surface area contributed by atoms with Gasteiger partial charge < -0.3 is 9.32 Å². The van der Waals surface area contributed by atoms with Crippen molar-refractivity contribution in [2.45, 2.75) is 20.4 Å². The van der Waals surface area contributed by atoms with Gasteiger partial charge in [-0.15, -0.1) is 11.3 Å². The Bertz CT molecular complexity index is 657. The normalized spacial score (nSPS) is 10.5. The summed E-state index contributed by atoms with van der Waals surface area (Å²) in [6, 6.07) is 6.60. The van der Waals surface area contributed by atoms with Crippen molar-refractivity contribution in [3.8, 4) is 0 Å². The molecular weight excluding hydrogens is 262 g/mol. The molecule has 0 bridgehead atoms. The van der Waals surface area contributed by atoms with E-state index in [4.69, 9.17) is 4.42 Å². The fourth-order valence-electron chi connectivity index (χ4n) is 1.77. The molecule has 0 aromatic carbocycles. The van der Waals surface area contributed by atoms with Gasteiger partial charge in [0.15, 0.2) is 11.2 Å². The maximum Gasteiger partial charge on any atom is 0.289 e. The maximum absolute atomic E-state index is 12.2. The largest absolute Gasteiger partial charge is 0.456 e. The van der Waals surface area contributed by atoms with Gasteiger partial charge in [0.2, 0.25) is 0 Å². The molecule has 2 aromatic rings. The molecule has 0 fully saturated rings. The highest BCUT2D eigenvalue weighted by Gasteiger charge is 2.16. The van der Waals surface area contributed by atoms with E-state index in [2.05, 4.69) is 0 Å². The number of nitrogens with zero attached hydrogens (tertiary/aromatic N) is 1. The van der Waals surface area contributed by atoms with E-state index in [1.807, 2.05) is 19.1 Å². The van der Waals surface area contributed by atoms with Crippen molar-refractivity contribution >= 4 is 17.2 Å². The lowest BCUT2D eigenvalue weighted by Crippen LogP contribution is -2.26. The van der Waals surface area contributed by atoms with Crippen LogP contribution in [-0.2, 0) is 6.54 Å². The minimum absolute atomic E-state index is 0.0841. The van der Waals surface area contributed by atoms with Crippen LogP contribution < -0.4 is 5.43 Å². The van der Waals surface area contributed by atoms with Crippen molar-refractivity contribution < 1.29 is 9.21 Å². The zero-order valence-corrected chi connectivity index (χ0v) is 11.9. The van der Waals surface area contributed by atoms with Crippen LogP contribution in [-0.4, -0.2) is 17.9 Å². The van der Waals surface area contributed by atoms with Gasteiger partial charge in [-0.25, -0.2) is 0 Å². The van der Waals surface area contributed by atoms with E-state index in [9.17, 15) is 9.59 Å². The van der Waals surface area contributed by atoms with Crippen LogP contribution in [0.2, 0.25) is 0 Å². The van der Waals surface area contributed by atoms with E-state index in [0.717, 1.165) is 4.88 Å². The summed E-state index contributed by atoms with van der Waals surface area (Å²) in [5, 5.41) is 0. The van der Waals surface area contributed by atoms with Gasteiger partial charge in [-0.05, 0) is 26.0 Å². The Hall–Kier alpha value is -1.88. The van der Waals surface area contributed by atoms with Crippen LogP contribution in [0.5, 0.6) is 0 Å². The Morgan fingerprint density at radius 3 is 2.63 bits per heavy atom. The Morgan fingerprint density at radius 2 is 2.05 bits per heavy atom. The molecule has 2 heterocycles. The molecule has 0 saturated heterocycles.